The summed E-state index contributed by atoms with van der Waals surface area (Å²) in [4.78, 5) is 17.5. The number of hydrogen-bond donors (Lipinski definition) is 0. The Morgan fingerprint density at radius 2 is 1.85 bits per heavy atom. The Morgan fingerprint density at radius 1 is 1.12 bits per heavy atom. The van der Waals surface area contributed by atoms with Crippen molar-refractivity contribution in [3.63, 3.8) is 0 Å². The number of carbonyl (C=O) groups is 1. The van der Waals surface area contributed by atoms with Gasteiger partial charge in [-0.05, 0) is 56.9 Å². The maximum Gasteiger partial charge on any atom is 0.246 e. The highest BCUT2D eigenvalue weighted by atomic mass is 16.5. The fourth-order valence-corrected chi connectivity index (χ4v) is 4.54. The standard InChI is InChI=1S/C28H34N2O3/c1-5-32-27-22(4)28-25(21(3)19-33-28)18-24(27)20(2)17-26(31)30-15-13-29(14-16-30)12-11-23-9-7-6-8-10-23/h6-10,17-19H,5,11-16H2,1-4H3/b20-17+. The van der Waals surface area contributed by atoms with Crippen molar-refractivity contribution in [2.75, 3.05) is 39.3 Å². The molecule has 174 valence electrons. The number of allylic oxidation sites excluding steroid dienone is 1. The maximum absolute atomic E-state index is 13.1. The average molecular weight is 447 g/mol. The number of piperazine rings is 1. The van der Waals surface area contributed by atoms with Crippen LogP contribution in [0, 0.1) is 13.8 Å². The minimum atomic E-state index is 0.0688. The van der Waals surface area contributed by atoms with Crippen LogP contribution in [0.5, 0.6) is 5.75 Å². The molecule has 33 heavy (non-hydrogen) atoms. The van der Waals surface area contributed by atoms with Gasteiger partial charge in [0.05, 0.1) is 12.9 Å². The molecule has 1 aromatic heterocycles. The molecule has 0 radical (unpaired) electrons. The molecule has 0 saturated carbocycles. The second-order valence-corrected chi connectivity index (χ2v) is 8.84. The van der Waals surface area contributed by atoms with E-state index in [-0.39, 0.29) is 5.91 Å². The van der Waals surface area contributed by atoms with Crippen molar-refractivity contribution in [3.8, 4) is 5.75 Å². The highest BCUT2D eigenvalue weighted by Crippen LogP contribution is 2.37. The Morgan fingerprint density at radius 3 is 2.55 bits per heavy atom. The van der Waals surface area contributed by atoms with Crippen LogP contribution in [0.4, 0.5) is 0 Å². The summed E-state index contributed by atoms with van der Waals surface area (Å²) in [6.07, 6.45) is 4.58. The molecule has 0 unspecified atom stereocenters. The summed E-state index contributed by atoms with van der Waals surface area (Å²) < 4.78 is 11.7. The van der Waals surface area contributed by atoms with Crippen LogP contribution >= 0.6 is 0 Å². The molecular weight excluding hydrogens is 412 g/mol. The first-order valence-corrected chi connectivity index (χ1v) is 11.9. The van der Waals surface area contributed by atoms with Crippen molar-refractivity contribution in [2.45, 2.75) is 34.1 Å². The fourth-order valence-electron chi connectivity index (χ4n) is 4.54. The number of rotatable bonds is 7. The van der Waals surface area contributed by atoms with E-state index in [1.165, 1.54) is 5.56 Å². The van der Waals surface area contributed by atoms with Gasteiger partial charge in [-0.25, -0.2) is 0 Å². The molecular formula is C28H34N2O3. The van der Waals surface area contributed by atoms with Gasteiger partial charge in [0.25, 0.3) is 0 Å². The summed E-state index contributed by atoms with van der Waals surface area (Å²) in [5.74, 6) is 0.867. The maximum atomic E-state index is 13.1. The lowest BCUT2D eigenvalue weighted by atomic mass is 9.98. The van der Waals surface area contributed by atoms with Crippen LogP contribution in [0.1, 0.15) is 36.1 Å². The number of benzene rings is 2. The van der Waals surface area contributed by atoms with Crippen molar-refractivity contribution in [1.82, 2.24) is 9.80 Å². The van der Waals surface area contributed by atoms with E-state index in [1.54, 1.807) is 12.3 Å². The molecule has 0 atom stereocenters. The second kappa shape index (κ2) is 10.3. The van der Waals surface area contributed by atoms with Crippen LogP contribution in [0.3, 0.4) is 0 Å². The number of aryl methyl sites for hydroxylation is 2. The number of hydrogen-bond acceptors (Lipinski definition) is 4. The van der Waals surface area contributed by atoms with Crippen LogP contribution in [0.2, 0.25) is 0 Å². The molecule has 2 aromatic carbocycles. The smallest absolute Gasteiger partial charge is 0.246 e. The predicted octanol–water partition coefficient (Wildman–Crippen LogP) is 5.24. The Labute approximate surface area is 196 Å². The van der Waals surface area contributed by atoms with Crippen LogP contribution in [-0.4, -0.2) is 55.0 Å². The van der Waals surface area contributed by atoms with Crippen LogP contribution in [0.25, 0.3) is 16.5 Å². The van der Waals surface area contributed by atoms with E-state index in [4.69, 9.17) is 9.15 Å². The van der Waals surface area contributed by atoms with Crippen molar-refractivity contribution >= 4 is 22.4 Å². The second-order valence-electron chi connectivity index (χ2n) is 8.84. The lowest BCUT2D eigenvalue weighted by Gasteiger charge is -2.34. The molecule has 0 bridgehead atoms. The van der Waals surface area contributed by atoms with E-state index in [9.17, 15) is 4.79 Å². The molecule has 1 fully saturated rings. The van der Waals surface area contributed by atoms with E-state index in [1.807, 2.05) is 32.6 Å². The molecule has 4 rings (SSSR count). The summed E-state index contributed by atoms with van der Waals surface area (Å²) in [5, 5.41) is 1.07. The molecule has 3 aromatic rings. The highest BCUT2D eigenvalue weighted by molar-refractivity contribution is 5.98. The molecule has 1 amide bonds. The topological polar surface area (TPSA) is 45.9 Å². The number of fused-ring (bicyclic) bond motifs is 1. The van der Waals surface area contributed by atoms with Crippen LogP contribution < -0.4 is 4.74 Å². The number of amides is 1. The zero-order chi connectivity index (χ0) is 23.4. The van der Waals surface area contributed by atoms with Gasteiger partial charge in [0, 0.05) is 55.3 Å². The first-order chi connectivity index (χ1) is 16.0. The largest absolute Gasteiger partial charge is 0.493 e. The molecule has 2 heterocycles. The molecule has 1 saturated heterocycles. The van der Waals surface area contributed by atoms with Crippen molar-refractivity contribution in [3.05, 3.63) is 71.0 Å². The zero-order valence-electron chi connectivity index (χ0n) is 20.2. The van der Waals surface area contributed by atoms with Gasteiger partial charge in [-0.1, -0.05) is 30.3 Å². The quantitative estimate of drug-likeness (QED) is 0.466. The van der Waals surface area contributed by atoms with Gasteiger partial charge in [-0.2, -0.15) is 0 Å². The Bertz CT molecular complexity index is 1140. The summed E-state index contributed by atoms with van der Waals surface area (Å²) in [6.45, 7) is 13.0. The Balaban J connectivity index is 1.44. The molecule has 5 heteroatoms. The van der Waals surface area contributed by atoms with Crippen molar-refractivity contribution in [1.29, 1.82) is 0 Å². The minimum Gasteiger partial charge on any atom is -0.493 e. The number of ether oxygens (including phenoxy) is 1. The molecule has 1 aliphatic heterocycles. The highest BCUT2D eigenvalue weighted by Gasteiger charge is 2.21. The lowest BCUT2D eigenvalue weighted by molar-refractivity contribution is -0.127. The Kier molecular flexibility index (Phi) is 7.19. The molecule has 0 spiro atoms. The summed E-state index contributed by atoms with van der Waals surface area (Å²) in [6, 6.07) is 12.7. The van der Waals surface area contributed by atoms with Crippen LogP contribution in [-0.2, 0) is 11.2 Å². The van der Waals surface area contributed by atoms with Crippen molar-refractivity contribution < 1.29 is 13.9 Å². The van der Waals surface area contributed by atoms with E-state index in [0.29, 0.717) is 6.61 Å². The summed E-state index contributed by atoms with van der Waals surface area (Å²) in [5.41, 5.74) is 6.15. The normalized spacial score (nSPS) is 15.3. The summed E-state index contributed by atoms with van der Waals surface area (Å²) >= 11 is 0. The SMILES string of the molecule is CCOc1c(/C(C)=C/C(=O)N2CCN(CCc3ccccc3)CC2)cc2c(C)coc2c1C. The number of nitrogens with zero attached hydrogens (tertiary/aromatic N) is 2. The van der Waals surface area contributed by atoms with Gasteiger partial charge in [-0.3, -0.25) is 9.69 Å². The zero-order valence-corrected chi connectivity index (χ0v) is 20.2. The first-order valence-electron chi connectivity index (χ1n) is 11.9. The minimum absolute atomic E-state index is 0.0688. The summed E-state index contributed by atoms with van der Waals surface area (Å²) in [7, 11) is 0. The third-order valence-corrected chi connectivity index (χ3v) is 6.53. The van der Waals surface area contributed by atoms with Gasteiger partial charge in [-0.15, -0.1) is 0 Å². The van der Waals surface area contributed by atoms with Gasteiger partial charge >= 0.3 is 0 Å². The monoisotopic (exact) mass is 446 g/mol. The molecule has 0 N–H and O–H groups in total. The predicted molar refractivity (Wildman–Crippen MR) is 134 cm³/mol. The first kappa shape index (κ1) is 23.1. The van der Waals surface area contributed by atoms with E-state index in [0.717, 1.165) is 78.1 Å². The van der Waals surface area contributed by atoms with Crippen LogP contribution in [0.15, 0.2) is 53.2 Å². The van der Waals surface area contributed by atoms with E-state index < -0.39 is 0 Å². The average Bonchev–Trinajstić information content (AvgIpc) is 3.21. The van der Waals surface area contributed by atoms with Gasteiger partial charge < -0.3 is 14.1 Å². The third-order valence-electron chi connectivity index (χ3n) is 6.53. The third kappa shape index (κ3) is 5.14. The van der Waals surface area contributed by atoms with Gasteiger partial charge in [0.2, 0.25) is 5.91 Å². The lowest BCUT2D eigenvalue weighted by Crippen LogP contribution is -2.48. The van der Waals surface area contributed by atoms with E-state index >= 15 is 0 Å². The van der Waals surface area contributed by atoms with Gasteiger partial charge in [0.15, 0.2) is 0 Å². The molecule has 0 aliphatic carbocycles. The number of carbonyl (C=O) groups excluding carboxylic acids is 1. The fraction of sp³-hybridized carbons (Fsp3) is 0.393. The molecule has 5 nitrogen and oxygen atoms in total. The van der Waals surface area contributed by atoms with Gasteiger partial charge in [0.1, 0.15) is 11.3 Å². The number of furan rings is 1. The van der Waals surface area contributed by atoms with E-state index in [2.05, 4.69) is 41.3 Å². The molecule has 1 aliphatic rings. The Hall–Kier alpha value is -3.05. The van der Waals surface area contributed by atoms with Crippen molar-refractivity contribution in [2.24, 2.45) is 0 Å².